The summed E-state index contributed by atoms with van der Waals surface area (Å²) >= 11 is 0. The summed E-state index contributed by atoms with van der Waals surface area (Å²) in [5.41, 5.74) is 8.87. The Morgan fingerprint density at radius 3 is 2.88 bits per heavy atom. The molecule has 0 aliphatic carbocycles. The van der Waals surface area contributed by atoms with Crippen molar-refractivity contribution in [3.63, 3.8) is 0 Å². The number of piperidine rings is 1. The van der Waals surface area contributed by atoms with E-state index in [-0.39, 0.29) is 6.10 Å². The van der Waals surface area contributed by atoms with Gasteiger partial charge in [0, 0.05) is 18.5 Å². The fourth-order valence-corrected chi connectivity index (χ4v) is 2.38. The Morgan fingerprint density at radius 1 is 1.35 bits per heavy atom. The van der Waals surface area contributed by atoms with Crippen molar-refractivity contribution in [2.45, 2.75) is 18.9 Å². The van der Waals surface area contributed by atoms with Gasteiger partial charge >= 0.3 is 0 Å². The number of nitrogens with two attached hydrogens (primary N) is 1. The molecule has 0 unspecified atom stereocenters. The van der Waals surface area contributed by atoms with Crippen molar-refractivity contribution in [3.05, 3.63) is 18.3 Å². The zero-order valence-corrected chi connectivity index (χ0v) is 9.56. The fraction of sp³-hybridized carbons (Fsp3) is 0.417. The molecule has 1 aromatic carbocycles. The third-order valence-electron chi connectivity index (χ3n) is 3.39. The first kappa shape index (κ1) is 10.4. The Hall–Kier alpha value is -1.75. The molecule has 2 heterocycles. The zero-order valence-electron chi connectivity index (χ0n) is 9.56. The van der Waals surface area contributed by atoms with Gasteiger partial charge in [0.15, 0.2) is 0 Å². The van der Waals surface area contributed by atoms with Crippen LogP contribution in [-0.4, -0.2) is 34.5 Å². The highest BCUT2D eigenvalue weighted by Crippen LogP contribution is 2.30. The maximum atomic E-state index is 9.51. The number of benzene rings is 1. The van der Waals surface area contributed by atoms with Crippen LogP contribution in [0.4, 0.5) is 11.4 Å². The average Bonchev–Trinajstić information content (AvgIpc) is 2.76. The largest absolute Gasteiger partial charge is 0.397 e. The van der Waals surface area contributed by atoms with Crippen molar-refractivity contribution in [3.8, 4) is 0 Å². The van der Waals surface area contributed by atoms with Gasteiger partial charge in [0.1, 0.15) is 0 Å². The van der Waals surface area contributed by atoms with E-state index in [2.05, 4.69) is 15.1 Å². The molecule has 0 saturated carbocycles. The average molecular weight is 232 g/mol. The molecule has 17 heavy (non-hydrogen) atoms. The Labute approximate surface area is 99.2 Å². The van der Waals surface area contributed by atoms with E-state index in [9.17, 15) is 5.11 Å². The summed E-state index contributed by atoms with van der Waals surface area (Å²) in [5.74, 6) is 0. The summed E-state index contributed by atoms with van der Waals surface area (Å²) in [6.45, 7) is 1.70. The van der Waals surface area contributed by atoms with Crippen LogP contribution >= 0.6 is 0 Å². The molecule has 0 atom stereocenters. The smallest absolute Gasteiger partial charge is 0.0672 e. The number of fused-ring (bicyclic) bond motifs is 1. The Balaban J connectivity index is 1.96. The maximum Gasteiger partial charge on any atom is 0.0672 e. The van der Waals surface area contributed by atoms with Crippen molar-refractivity contribution in [2.75, 3.05) is 23.7 Å². The van der Waals surface area contributed by atoms with Gasteiger partial charge in [-0.2, -0.15) is 5.10 Å². The summed E-state index contributed by atoms with van der Waals surface area (Å²) in [7, 11) is 0. The highest BCUT2D eigenvalue weighted by molar-refractivity contribution is 5.88. The monoisotopic (exact) mass is 232 g/mol. The summed E-state index contributed by atoms with van der Waals surface area (Å²) < 4.78 is 0. The van der Waals surface area contributed by atoms with Crippen molar-refractivity contribution >= 4 is 22.3 Å². The number of H-pyrrole nitrogens is 1. The zero-order chi connectivity index (χ0) is 11.8. The Kier molecular flexibility index (Phi) is 2.40. The number of aliphatic hydroxyl groups is 1. The first-order valence-corrected chi connectivity index (χ1v) is 5.89. The van der Waals surface area contributed by atoms with Crippen LogP contribution in [0.1, 0.15) is 12.8 Å². The Bertz CT molecular complexity index is 528. The maximum absolute atomic E-state index is 9.51. The van der Waals surface area contributed by atoms with Crippen LogP contribution < -0.4 is 10.6 Å². The molecule has 90 valence electrons. The molecule has 3 rings (SSSR count). The normalized spacial score (nSPS) is 17.8. The van der Waals surface area contributed by atoms with Crippen LogP contribution in [0.5, 0.6) is 0 Å². The minimum absolute atomic E-state index is 0.164. The van der Waals surface area contributed by atoms with E-state index in [1.807, 2.05) is 12.1 Å². The summed E-state index contributed by atoms with van der Waals surface area (Å²) in [6, 6.07) is 3.98. The van der Waals surface area contributed by atoms with Crippen molar-refractivity contribution in [2.24, 2.45) is 0 Å². The fourth-order valence-electron chi connectivity index (χ4n) is 2.38. The summed E-state index contributed by atoms with van der Waals surface area (Å²) in [5, 5.41) is 17.5. The van der Waals surface area contributed by atoms with E-state index in [4.69, 9.17) is 5.73 Å². The van der Waals surface area contributed by atoms with Crippen molar-refractivity contribution < 1.29 is 5.11 Å². The molecule has 1 aliphatic heterocycles. The number of hydrogen-bond donors (Lipinski definition) is 3. The van der Waals surface area contributed by atoms with E-state index in [1.165, 1.54) is 0 Å². The van der Waals surface area contributed by atoms with Gasteiger partial charge in [0.05, 0.1) is 29.2 Å². The van der Waals surface area contributed by atoms with Crippen LogP contribution in [0.2, 0.25) is 0 Å². The number of aliphatic hydroxyl groups excluding tert-OH is 1. The molecule has 5 nitrogen and oxygen atoms in total. The highest BCUT2D eigenvalue weighted by atomic mass is 16.3. The molecule has 0 amide bonds. The number of hydrogen-bond acceptors (Lipinski definition) is 4. The third-order valence-corrected chi connectivity index (χ3v) is 3.39. The van der Waals surface area contributed by atoms with Gasteiger partial charge in [-0.1, -0.05) is 0 Å². The van der Waals surface area contributed by atoms with Crippen LogP contribution in [0, 0.1) is 0 Å². The SMILES string of the molecule is Nc1cc2cn[nH]c2cc1N1CCC(O)CC1. The molecule has 1 aliphatic rings. The van der Waals surface area contributed by atoms with E-state index >= 15 is 0 Å². The molecular weight excluding hydrogens is 216 g/mol. The lowest BCUT2D eigenvalue weighted by Crippen LogP contribution is -2.36. The molecule has 0 spiro atoms. The molecular formula is C12H16N4O. The molecule has 5 heteroatoms. The standard InChI is InChI=1S/C12H16N4O/c13-10-5-8-7-14-15-11(8)6-12(10)16-3-1-9(17)2-4-16/h5-7,9,17H,1-4,13H2,(H,14,15). The first-order valence-electron chi connectivity index (χ1n) is 5.89. The van der Waals surface area contributed by atoms with Gasteiger partial charge in [0.2, 0.25) is 0 Å². The lowest BCUT2D eigenvalue weighted by molar-refractivity contribution is 0.145. The molecule has 1 fully saturated rings. The summed E-state index contributed by atoms with van der Waals surface area (Å²) in [4.78, 5) is 2.22. The number of nitrogens with one attached hydrogen (secondary N) is 1. The number of anilines is 2. The summed E-state index contributed by atoms with van der Waals surface area (Å²) in [6.07, 6.45) is 3.22. The molecule has 1 saturated heterocycles. The molecule has 0 bridgehead atoms. The second kappa shape index (κ2) is 3.92. The predicted molar refractivity (Wildman–Crippen MR) is 68.0 cm³/mol. The van der Waals surface area contributed by atoms with Gasteiger partial charge in [-0.3, -0.25) is 5.10 Å². The minimum Gasteiger partial charge on any atom is -0.397 e. The highest BCUT2D eigenvalue weighted by Gasteiger charge is 2.19. The van der Waals surface area contributed by atoms with E-state index in [0.717, 1.165) is 48.2 Å². The number of aromatic nitrogens is 2. The molecule has 0 radical (unpaired) electrons. The van der Waals surface area contributed by atoms with Crippen molar-refractivity contribution in [1.29, 1.82) is 0 Å². The Morgan fingerprint density at radius 2 is 2.12 bits per heavy atom. The van der Waals surface area contributed by atoms with Gasteiger partial charge in [-0.15, -0.1) is 0 Å². The van der Waals surface area contributed by atoms with Crippen LogP contribution in [0.3, 0.4) is 0 Å². The second-order valence-corrected chi connectivity index (χ2v) is 4.59. The molecule has 4 N–H and O–H groups in total. The third kappa shape index (κ3) is 1.82. The molecule has 1 aromatic heterocycles. The van der Waals surface area contributed by atoms with Gasteiger partial charge in [-0.25, -0.2) is 0 Å². The van der Waals surface area contributed by atoms with Crippen molar-refractivity contribution in [1.82, 2.24) is 10.2 Å². The van der Waals surface area contributed by atoms with E-state index < -0.39 is 0 Å². The van der Waals surface area contributed by atoms with E-state index in [1.54, 1.807) is 6.20 Å². The van der Waals surface area contributed by atoms with Crippen LogP contribution in [-0.2, 0) is 0 Å². The number of nitrogens with zero attached hydrogens (tertiary/aromatic N) is 2. The van der Waals surface area contributed by atoms with Gasteiger partial charge in [0.25, 0.3) is 0 Å². The first-order chi connectivity index (χ1) is 8.24. The topological polar surface area (TPSA) is 78.2 Å². The quantitative estimate of drug-likeness (QED) is 0.643. The van der Waals surface area contributed by atoms with Gasteiger partial charge in [-0.05, 0) is 25.0 Å². The predicted octanol–water partition coefficient (Wildman–Crippen LogP) is 1.11. The second-order valence-electron chi connectivity index (χ2n) is 4.59. The van der Waals surface area contributed by atoms with Gasteiger partial charge < -0.3 is 15.7 Å². The lowest BCUT2D eigenvalue weighted by Gasteiger charge is -2.32. The number of rotatable bonds is 1. The lowest BCUT2D eigenvalue weighted by atomic mass is 10.1. The minimum atomic E-state index is -0.164. The number of nitrogen functional groups attached to an aromatic ring is 1. The van der Waals surface area contributed by atoms with Crippen LogP contribution in [0.15, 0.2) is 18.3 Å². The van der Waals surface area contributed by atoms with Crippen LogP contribution in [0.25, 0.3) is 10.9 Å². The number of aromatic amines is 1. The molecule has 2 aromatic rings. The van der Waals surface area contributed by atoms with E-state index in [0.29, 0.717) is 0 Å².